The smallest absolute Gasteiger partial charge is 0.0667 e. The lowest BCUT2D eigenvalue weighted by Crippen LogP contribution is -2.29. The van der Waals surface area contributed by atoms with Crippen molar-refractivity contribution in [3.8, 4) is 0 Å². The first-order valence-electron chi connectivity index (χ1n) is 4.98. The van der Waals surface area contributed by atoms with Crippen LogP contribution in [0.5, 0.6) is 0 Å². The van der Waals surface area contributed by atoms with Crippen LogP contribution in [-0.2, 0) is 9.47 Å². The molecule has 0 spiro atoms. The van der Waals surface area contributed by atoms with Gasteiger partial charge in [0.15, 0.2) is 0 Å². The Bertz CT molecular complexity index is 107. The molecular weight excluding hydrogens is 166 g/mol. The van der Waals surface area contributed by atoms with Gasteiger partial charge in [0.25, 0.3) is 0 Å². The molecule has 0 fully saturated rings. The van der Waals surface area contributed by atoms with Gasteiger partial charge >= 0.3 is 0 Å². The SMILES string of the molecule is COC(C)CNCCOCC(C)C. The zero-order valence-corrected chi connectivity index (χ0v) is 9.30. The normalized spacial score (nSPS) is 13.6. The van der Waals surface area contributed by atoms with Crippen LogP contribution in [-0.4, -0.2) is 39.5 Å². The van der Waals surface area contributed by atoms with Crippen LogP contribution in [0, 0.1) is 5.92 Å². The fourth-order valence-corrected chi connectivity index (χ4v) is 0.852. The first kappa shape index (κ1) is 12.9. The number of nitrogens with one attached hydrogen (secondary N) is 1. The summed E-state index contributed by atoms with van der Waals surface area (Å²) in [4.78, 5) is 0. The molecule has 0 aromatic heterocycles. The van der Waals surface area contributed by atoms with E-state index < -0.39 is 0 Å². The average Bonchev–Trinajstić information content (AvgIpc) is 2.10. The van der Waals surface area contributed by atoms with Crippen molar-refractivity contribution in [1.82, 2.24) is 5.32 Å². The summed E-state index contributed by atoms with van der Waals surface area (Å²) in [7, 11) is 1.72. The number of hydrogen-bond acceptors (Lipinski definition) is 3. The Balaban J connectivity index is 2.99. The Kier molecular flexibility index (Phi) is 8.40. The Morgan fingerprint density at radius 3 is 2.46 bits per heavy atom. The number of rotatable bonds is 8. The highest BCUT2D eigenvalue weighted by atomic mass is 16.5. The van der Waals surface area contributed by atoms with E-state index in [0.717, 1.165) is 26.3 Å². The fourth-order valence-electron chi connectivity index (χ4n) is 0.852. The lowest BCUT2D eigenvalue weighted by molar-refractivity contribution is 0.0977. The summed E-state index contributed by atoms with van der Waals surface area (Å²) in [5.74, 6) is 0.623. The molecule has 1 N–H and O–H groups in total. The predicted molar refractivity (Wildman–Crippen MR) is 55.0 cm³/mol. The third-order valence-corrected chi connectivity index (χ3v) is 1.71. The molecule has 0 bridgehead atoms. The second-order valence-corrected chi connectivity index (χ2v) is 3.72. The average molecular weight is 189 g/mol. The highest BCUT2D eigenvalue weighted by Gasteiger charge is 1.97. The van der Waals surface area contributed by atoms with Crippen LogP contribution in [0.15, 0.2) is 0 Å². The Hall–Kier alpha value is -0.120. The third-order valence-electron chi connectivity index (χ3n) is 1.71. The Morgan fingerprint density at radius 1 is 1.23 bits per heavy atom. The molecule has 0 aromatic rings. The maximum atomic E-state index is 5.41. The Morgan fingerprint density at radius 2 is 1.92 bits per heavy atom. The topological polar surface area (TPSA) is 30.5 Å². The van der Waals surface area contributed by atoms with E-state index in [1.165, 1.54) is 0 Å². The fraction of sp³-hybridized carbons (Fsp3) is 1.00. The molecule has 80 valence electrons. The molecule has 1 unspecified atom stereocenters. The minimum absolute atomic E-state index is 0.282. The summed E-state index contributed by atoms with van der Waals surface area (Å²) in [5, 5.41) is 3.26. The van der Waals surface area contributed by atoms with Gasteiger partial charge in [0.1, 0.15) is 0 Å². The van der Waals surface area contributed by atoms with Gasteiger partial charge in [-0.25, -0.2) is 0 Å². The summed E-state index contributed by atoms with van der Waals surface area (Å²) in [6, 6.07) is 0. The summed E-state index contributed by atoms with van der Waals surface area (Å²) >= 11 is 0. The highest BCUT2D eigenvalue weighted by molar-refractivity contribution is 4.53. The van der Waals surface area contributed by atoms with Crippen molar-refractivity contribution in [2.75, 3.05) is 33.4 Å². The van der Waals surface area contributed by atoms with Crippen molar-refractivity contribution in [2.24, 2.45) is 5.92 Å². The Labute approximate surface area is 81.8 Å². The van der Waals surface area contributed by atoms with Crippen molar-refractivity contribution in [2.45, 2.75) is 26.9 Å². The maximum Gasteiger partial charge on any atom is 0.0667 e. The third kappa shape index (κ3) is 9.80. The van der Waals surface area contributed by atoms with E-state index in [9.17, 15) is 0 Å². The second-order valence-electron chi connectivity index (χ2n) is 3.72. The lowest BCUT2D eigenvalue weighted by atomic mass is 10.2. The van der Waals surface area contributed by atoms with Gasteiger partial charge in [-0.1, -0.05) is 13.8 Å². The number of hydrogen-bond donors (Lipinski definition) is 1. The standard InChI is InChI=1S/C10H23NO2/c1-9(2)8-13-6-5-11-7-10(3)12-4/h9-11H,5-8H2,1-4H3. The van der Waals surface area contributed by atoms with Gasteiger partial charge in [0.2, 0.25) is 0 Å². The van der Waals surface area contributed by atoms with Gasteiger partial charge in [0, 0.05) is 26.8 Å². The molecule has 1 atom stereocenters. The van der Waals surface area contributed by atoms with Crippen LogP contribution in [0.3, 0.4) is 0 Å². The van der Waals surface area contributed by atoms with E-state index in [4.69, 9.17) is 9.47 Å². The molecule has 13 heavy (non-hydrogen) atoms. The van der Waals surface area contributed by atoms with Crippen molar-refractivity contribution in [3.63, 3.8) is 0 Å². The monoisotopic (exact) mass is 189 g/mol. The van der Waals surface area contributed by atoms with E-state index in [0.29, 0.717) is 5.92 Å². The molecule has 0 radical (unpaired) electrons. The molecule has 3 nitrogen and oxygen atoms in total. The zero-order chi connectivity index (χ0) is 10.1. The van der Waals surface area contributed by atoms with Gasteiger partial charge in [0.05, 0.1) is 12.7 Å². The van der Waals surface area contributed by atoms with Gasteiger partial charge < -0.3 is 14.8 Å². The van der Waals surface area contributed by atoms with Crippen LogP contribution in [0.25, 0.3) is 0 Å². The first-order chi connectivity index (χ1) is 6.16. The van der Waals surface area contributed by atoms with Crippen LogP contribution >= 0.6 is 0 Å². The predicted octanol–water partition coefficient (Wildman–Crippen LogP) is 1.28. The summed E-state index contributed by atoms with van der Waals surface area (Å²) in [6.45, 7) is 9.78. The zero-order valence-electron chi connectivity index (χ0n) is 9.30. The van der Waals surface area contributed by atoms with Gasteiger partial charge in [-0.3, -0.25) is 0 Å². The van der Waals surface area contributed by atoms with Crippen molar-refractivity contribution in [3.05, 3.63) is 0 Å². The summed E-state index contributed by atoms with van der Waals surface area (Å²) in [6.07, 6.45) is 0.282. The van der Waals surface area contributed by atoms with E-state index in [2.05, 4.69) is 19.2 Å². The van der Waals surface area contributed by atoms with Crippen LogP contribution in [0.1, 0.15) is 20.8 Å². The van der Waals surface area contributed by atoms with Crippen molar-refractivity contribution < 1.29 is 9.47 Å². The lowest BCUT2D eigenvalue weighted by Gasteiger charge is -2.11. The van der Waals surface area contributed by atoms with Crippen molar-refractivity contribution >= 4 is 0 Å². The van der Waals surface area contributed by atoms with Crippen LogP contribution in [0.4, 0.5) is 0 Å². The van der Waals surface area contributed by atoms with E-state index in [1.807, 2.05) is 6.92 Å². The summed E-state index contributed by atoms with van der Waals surface area (Å²) in [5.41, 5.74) is 0. The first-order valence-corrected chi connectivity index (χ1v) is 4.98. The minimum Gasteiger partial charge on any atom is -0.380 e. The molecule has 0 aliphatic heterocycles. The number of ether oxygens (including phenoxy) is 2. The van der Waals surface area contributed by atoms with E-state index >= 15 is 0 Å². The van der Waals surface area contributed by atoms with Gasteiger partial charge in [-0.2, -0.15) is 0 Å². The van der Waals surface area contributed by atoms with E-state index in [-0.39, 0.29) is 6.10 Å². The van der Waals surface area contributed by atoms with Gasteiger partial charge in [-0.15, -0.1) is 0 Å². The van der Waals surface area contributed by atoms with E-state index in [1.54, 1.807) is 7.11 Å². The van der Waals surface area contributed by atoms with Crippen LogP contribution in [0.2, 0.25) is 0 Å². The molecule has 0 heterocycles. The summed E-state index contributed by atoms with van der Waals surface area (Å²) < 4.78 is 10.5. The second kappa shape index (κ2) is 8.48. The molecule has 0 aromatic carbocycles. The van der Waals surface area contributed by atoms with Crippen molar-refractivity contribution in [1.29, 1.82) is 0 Å². The molecule has 0 aliphatic rings. The minimum atomic E-state index is 0.282. The molecule has 0 rings (SSSR count). The van der Waals surface area contributed by atoms with Gasteiger partial charge in [-0.05, 0) is 12.8 Å². The highest BCUT2D eigenvalue weighted by Crippen LogP contribution is 1.91. The number of methoxy groups -OCH3 is 1. The molecule has 0 saturated heterocycles. The maximum absolute atomic E-state index is 5.41. The largest absolute Gasteiger partial charge is 0.380 e. The molecule has 0 saturated carbocycles. The van der Waals surface area contributed by atoms with Crippen LogP contribution < -0.4 is 5.32 Å². The molecule has 0 aliphatic carbocycles. The molecule has 0 amide bonds. The quantitative estimate of drug-likeness (QED) is 0.584. The molecule has 3 heteroatoms. The molecular formula is C10H23NO2.